The van der Waals surface area contributed by atoms with Gasteiger partial charge in [0.1, 0.15) is 22.8 Å². The van der Waals surface area contributed by atoms with E-state index in [0.29, 0.717) is 33.8 Å². The van der Waals surface area contributed by atoms with Crippen LogP contribution in [0.4, 0.5) is 5.82 Å². The van der Waals surface area contributed by atoms with Gasteiger partial charge in [-0.3, -0.25) is 15.4 Å². The molecule has 4 N–H and O–H groups in total. The van der Waals surface area contributed by atoms with Gasteiger partial charge in [-0.05, 0) is 37.1 Å². The molecular weight excluding hydrogens is 372 g/mol. The number of ether oxygens (including phenoxy) is 1. The average molecular weight is 395 g/mol. The molecule has 1 aliphatic carbocycles. The molecule has 1 fully saturated rings. The third-order valence-corrected chi connectivity index (χ3v) is 5.61. The molecule has 0 bridgehead atoms. The monoisotopic (exact) mass is 394 g/mol. The van der Waals surface area contributed by atoms with Gasteiger partial charge in [0.15, 0.2) is 0 Å². The Kier molecular flexibility index (Phi) is 5.68. The van der Waals surface area contributed by atoms with Crippen LogP contribution in [0.1, 0.15) is 25.7 Å². The number of aromatic nitrogens is 3. The number of rotatable bonds is 6. The van der Waals surface area contributed by atoms with E-state index in [1.165, 1.54) is 24.6 Å². The first kappa shape index (κ1) is 18.6. The van der Waals surface area contributed by atoms with Crippen LogP contribution >= 0.6 is 11.8 Å². The minimum Gasteiger partial charge on any atom is -0.454 e. The van der Waals surface area contributed by atoms with E-state index in [4.69, 9.17) is 15.9 Å². The van der Waals surface area contributed by atoms with Crippen molar-refractivity contribution in [1.82, 2.24) is 15.0 Å². The summed E-state index contributed by atoms with van der Waals surface area (Å²) in [7, 11) is 0. The number of anilines is 1. The fraction of sp³-hybridized carbons (Fsp3) is 0.300. The Morgan fingerprint density at radius 3 is 2.82 bits per heavy atom. The molecule has 144 valence electrons. The van der Waals surface area contributed by atoms with Crippen LogP contribution in [-0.4, -0.2) is 25.5 Å². The number of thioether (sulfide) groups is 1. The van der Waals surface area contributed by atoms with E-state index >= 15 is 0 Å². The van der Waals surface area contributed by atoms with Crippen molar-refractivity contribution < 1.29 is 4.74 Å². The molecule has 0 radical (unpaired) electrons. The maximum Gasteiger partial charge on any atom is 0.147 e. The molecule has 8 heteroatoms. The molecule has 0 amide bonds. The van der Waals surface area contributed by atoms with E-state index in [-0.39, 0.29) is 0 Å². The fourth-order valence-corrected chi connectivity index (χ4v) is 4.15. The second-order valence-corrected chi connectivity index (χ2v) is 7.91. The summed E-state index contributed by atoms with van der Waals surface area (Å²) in [5.41, 5.74) is 7.23. The van der Waals surface area contributed by atoms with Gasteiger partial charge in [-0.2, -0.15) is 0 Å². The molecule has 3 aromatic heterocycles. The number of nitrogens with two attached hydrogens (primary N) is 1. The third-order valence-electron chi connectivity index (χ3n) is 4.65. The first-order chi connectivity index (χ1) is 13.7. The van der Waals surface area contributed by atoms with Gasteiger partial charge >= 0.3 is 0 Å². The van der Waals surface area contributed by atoms with Crippen molar-refractivity contribution in [1.29, 1.82) is 5.41 Å². The number of hydrogen-bond donors (Lipinski definition) is 3. The SMILES string of the molecule is N=C(SC(N)Nc1ccc2ncc(Oc3cccnc3)cc2n1)C1CCCC1. The molecule has 0 aromatic carbocycles. The number of nitrogens with one attached hydrogen (secondary N) is 2. The number of pyridine rings is 3. The molecule has 1 unspecified atom stereocenters. The summed E-state index contributed by atoms with van der Waals surface area (Å²) in [6, 6.07) is 9.21. The Labute approximate surface area is 167 Å². The van der Waals surface area contributed by atoms with Crippen LogP contribution in [0.3, 0.4) is 0 Å². The van der Waals surface area contributed by atoms with E-state index in [2.05, 4.69) is 20.3 Å². The molecule has 4 rings (SSSR count). The number of hydrogen-bond acceptors (Lipinski definition) is 8. The zero-order chi connectivity index (χ0) is 19.3. The first-order valence-corrected chi connectivity index (χ1v) is 10.2. The van der Waals surface area contributed by atoms with Crippen molar-refractivity contribution in [2.45, 2.75) is 31.2 Å². The number of nitrogens with zero attached hydrogens (tertiary/aromatic N) is 3. The molecule has 1 aliphatic rings. The molecular formula is C20H22N6OS. The Hall–Kier alpha value is -2.71. The van der Waals surface area contributed by atoms with Crippen molar-refractivity contribution in [2.24, 2.45) is 11.7 Å². The smallest absolute Gasteiger partial charge is 0.147 e. The van der Waals surface area contributed by atoms with Crippen molar-refractivity contribution in [3.63, 3.8) is 0 Å². The standard InChI is InChI=1S/C20H22N6OS/c21-19(13-4-1-2-5-13)28-20(22)26-18-8-7-16-17(25-18)10-15(12-24-16)27-14-6-3-9-23-11-14/h3,6-13,20-21H,1-2,4-5,22H2,(H,25,26). The minimum atomic E-state index is -0.416. The van der Waals surface area contributed by atoms with Crippen LogP contribution in [0, 0.1) is 11.3 Å². The molecule has 28 heavy (non-hydrogen) atoms. The summed E-state index contributed by atoms with van der Waals surface area (Å²) in [5.74, 6) is 2.24. The Morgan fingerprint density at radius 1 is 1.18 bits per heavy atom. The van der Waals surface area contributed by atoms with Crippen LogP contribution in [-0.2, 0) is 0 Å². The van der Waals surface area contributed by atoms with Gasteiger partial charge in [0.2, 0.25) is 0 Å². The molecule has 0 saturated heterocycles. The summed E-state index contributed by atoms with van der Waals surface area (Å²) in [6.07, 6.45) is 9.60. The lowest BCUT2D eigenvalue weighted by molar-refractivity contribution is 0.479. The topological polar surface area (TPSA) is 110 Å². The lowest BCUT2D eigenvalue weighted by Gasteiger charge is -2.17. The van der Waals surface area contributed by atoms with Crippen LogP contribution in [0.2, 0.25) is 0 Å². The van der Waals surface area contributed by atoms with Crippen LogP contribution in [0.5, 0.6) is 11.5 Å². The third kappa shape index (κ3) is 4.58. The van der Waals surface area contributed by atoms with Crippen molar-refractivity contribution >= 4 is 33.7 Å². The van der Waals surface area contributed by atoms with Crippen LogP contribution in [0.25, 0.3) is 11.0 Å². The highest BCUT2D eigenvalue weighted by molar-refractivity contribution is 8.14. The predicted molar refractivity (Wildman–Crippen MR) is 113 cm³/mol. The summed E-state index contributed by atoms with van der Waals surface area (Å²) < 4.78 is 5.77. The maximum atomic E-state index is 8.24. The number of fused-ring (bicyclic) bond motifs is 1. The molecule has 0 spiro atoms. The predicted octanol–water partition coefficient (Wildman–Crippen LogP) is 4.37. The van der Waals surface area contributed by atoms with E-state index in [1.807, 2.05) is 30.3 Å². The summed E-state index contributed by atoms with van der Waals surface area (Å²) in [6.45, 7) is 0. The Balaban J connectivity index is 1.44. The summed E-state index contributed by atoms with van der Waals surface area (Å²) >= 11 is 1.36. The molecule has 3 aromatic rings. The highest BCUT2D eigenvalue weighted by atomic mass is 32.2. The first-order valence-electron chi connectivity index (χ1n) is 9.29. The van der Waals surface area contributed by atoms with E-state index in [1.54, 1.807) is 18.6 Å². The lowest BCUT2D eigenvalue weighted by Crippen LogP contribution is -2.29. The second-order valence-electron chi connectivity index (χ2n) is 6.72. The average Bonchev–Trinajstić information content (AvgIpc) is 3.23. The zero-order valence-electron chi connectivity index (χ0n) is 15.3. The lowest BCUT2D eigenvalue weighted by atomic mass is 10.1. The largest absolute Gasteiger partial charge is 0.454 e. The van der Waals surface area contributed by atoms with Crippen molar-refractivity contribution in [3.8, 4) is 11.5 Å². The highest BCUT2D eigenvalue weighted by Crippen LogP contribution is 2.30. The quantitative estimate of drug-likeness (QED) is 0.323. The Bertz CT molecular complexity index is 961. The van der Waals surface area contributed by atoms with Gasteiger partial charge in [-0.1, -0.05) is 24.6 Å². The Morgan fingerprint density at radius 2 is 2.04 bits per heavy atom. The van der Waals surface area contributed by atoms with Crippen LogP contribution < -0.4 is 15.8 Å². The summed E-state index contributed by atoms with van der Waals surface area (Å²) in [5, 5.41) is 12.1. The molecule has 1 atom stereocenters. The van der Waals surface area contributed by atoms with Gasteiger partial charge in [-0.15, -0.1) is 0 Å². The molecule has 3 heterocycles. The van der Waals surface area contributed by atoms with Gasteiger partial charge in [-0.25, -0.2) is 4.98 Å². The van der Waals surface area contributed by atoms with Crippen molar-refractivity contribution in [2.75, 3.05) is 5.32 Å². The van der Waals surface area contributed by atoms with E-state index < -0.39 is 5.50 Å². The van der Waals surface area contributed by atoms with Gasteiger partial charge < -0.3 is 15.8 Å². The van der Waals surface area contributed by atoms with E-state index in [9.17, 15) is 0 Å². The molecule has 1 saturated carbocycles. The highest BCUT2D eigenvalue weighted by Gasteiger charge is 2.22. The summed E-state index contributed by atoms with van der Waals surface area (Å²) in [4.78, 5) is 13.0. The normalized spacial score (nSPS) is 15.5. The minimum absolute atomic E-state index is 0.360. The zero-order valence-corrected chi connectivity index (χ0v) is 16.2. The van der Waals surface area contributed by atoms with E-state index in [0.717, 1.165) is 18.4 Å². The van der Waals surface area contributed by atoms with Crippen LogP contribution in [0.15, 0.2) is 48.9 Å². The van der Waals surface area contributed by atoms with Gasteiger partial charge in [0.05, 0.1) is 28.5 Å². The molecule has 7 nitrogen and oxygen atoms in total. The van der Waals surface area contributed by atoms with Gasteiger partial charge in [0, 0.05) is 18.2 Å². The maximum absolute atomic E-state index is 8.24. The van der Waals surface area contributed by atoms with Crippen molar-refractivity contribution in [3.05, 3.63) is 48.9 Å². The molecule has 0 aliphatic heterocycles. The second kappa shape index (κ2) is 8.53. The van der Waals surface area contributed by atoms with Gasteiger partial charge in [0.25, 0.3) is 0 Å². The fourth-order valence-electron chi connectivity index (χ4n) is 3.26.